The van der Waals surface area contributed by atoms with Crippen LogP contribution in [0.25, 0.3) is 22.3 Å². The van der Waals surface area contributed by atoms with Crippen LogP contribution in [-0.4, -0.2) is 30.6 Å². The Morgan fingerprint density at radius 3 is 2.78 bits per heavy atom. The highest BCUT2D eigenvalue weighted by Gasteiger charge is 2.14. The van der Waals surface area contributed by atoms with E-state index in [4.69, 9.17) is 5.41 Å². The van der Waals surface area contributed by atoms with E-state index in [0.717, 1.165) is 29.6 Å². The van der Waals surface area contributed by atoms with Gasteiger partial charge >= 0.3 is 0 Å². The molecular weight excluding hydrogens is 288 g/mol. The Morgan fingerprint density at radius 1 is 1.30 bits per heavy atom. The second-order valence-corrected chi connectivity index (χ2v) is 5.48. The molecule has 3 heterocycles. The average Bonchev–Trinajstić information content (AvgIpc) is 3.23. The Kier molecular flexibility index (Phi) is 4.06. The molecule has 0 aliphatic rings. The number of hydrogen-bond acceptors (Lipinski definition) is 4. The first kappa shape index (κ1) is 15.1. The SMILES string of the molecule is C=C(C=N)c1cn2nccc2c(-c2cnn(C(CC)CC)c2)n1. The van der Waals surface area contributed by atoms with Crippen LogP contribution >= 0.6 is 0 Å². The summed E-state index contributed by atoms with van der Waals surface area (Å²) < 4.78 is 3.77. The predicted octanol–water partition coefficient (Wildman–Crippen LogP) is 3.62. The first-order chi connectivity index (χ1) is 11.2. The summed E-state index contributed by atoms with van der Waals surface area (Å²) in [7, 11) is 0. The Bertz CT molecular complexity index is 853. The monoisotopic (exact) mass is 308 g/mol. The third kappa shape index (κ3) is 2.67. The van der Waals surface area contributed by atoms with Gasteiger partial charge in [0.25, 0.3) is 0 Å². The second-order valence-electron chi connectivity index (χ2n) is 5.48. The van der Waals surface area contributed by atoms with Gasteiger partial charge < -0.3 is 5.41 Å². The van der Waals surface area contributed by atoms with Crippen molar-refractivity contribution < 1.29 is 0 Å². The van der Waals surface area contributed by atoms with E-state index in [-0.39, 0.29) is 0 Å². The highest BCUT2D eigenvalue weighted by Crippen LogP contribution is 2.26. The van der Waals surface area contributed by atoms with Crippen LogP contribution in [-0.2, 0) is 0 Å². The van der Waals surface area contributed by atoms with Crippen LogP contribution in [0.2, 0.25) is 0 Å². The first-order valence-electron chi connectivity index (χ1n) is 7.76. The molecule has 118 valence electrons. The molecule has 0 bridgehead atoms. The van der Waals surface area contributed by atoms with Gasteiger partial charge in [-0.05, 0) is 18.9 Å². The van der Waals surface area contributed by atoms with Crippen molar-refractivity contribution in [2.75, 3.05) is 0 Å². The number of hydrogen-bond donors (Lipinski definition) is 1. The maximum atomic E-state index is 7.39. The highest BCUT2D eigenvalue weighted by molar-refractivity contribution is 6.06. The molecule has 0 radical (unpaired) electrons. The molecule has 0 aliphatic heterocycles. The van der Waals surface area contributed by atoms with Crippen molar-refractivity contribution in [1.29, 1.82) is 5.41 Å². The molecule has 0 saturated carbocycles. The fourth-order valence-corrected chi connectivity index (χ4v) is 2.69. The standard InChI is InChI=1S/C17H20N6/c1-4-14(5-2)22-10-13(9-20-22)17-16-6-7-19-23(16)11-15(21-17)12(3)8-18/h6-11,14,18H,3-5H2,1-2H3. The molecular formula is C17H20N6. The van der Waals surface area contributed by atoms with Crippen LogP contribution < -0.4 is 0 Å². The van der Waals surface area contributed by atoms with Gasteiger partial charge in [0.2, 0.25) is 0 Å². The number of allylic oxidation sites excluding steroid dienone is 1. The van der Waals surface area contributed by atoms with Gasteiger partial charge in [0, 0.05) is 23.5 Å². The quantitative estimate of drug-likeness (QED) is 0.707. The molecule has 3 aromatic heterocycles. The zero-order valence-electron chi connectivity index (χ0n) is 13.4. The van der Waals surface area contributed by atoms with Crippen molar-refractivity contribution in [3.05, 3.63) is 43.1 Å². The summed E-state index contributed by atoms with van der Waals surface area (Å²) in [6, 6.07) is 2.32. The lowest BCUT2D eigenvalue weighted by molar-refractivity contribution is 0.428. The van der Waals surface area contributed by atoms with E-state index in [1.807, 2.05) is 23.1 Å². The summed E-state index contributed by atoms with van der Waals surface area (Å²) in [5.74, 6) is 0. The van der Waals surface area contributed by atoms with Crippen molar-refractivity contribution in [2.24, 2.45) is 0 Å². The summed E-state index contributed by atoms with van der Waals surface area (Å²) in [5, 5.41) is 16.2. The molecule has 0 spiro atoms. The van der Waals surface area contributed by atoms with E-state index in [2.05, 4.69) is 35.6 Å². The Balaban J connectivity index is 2.13. The smallest absolute Gasteiger partial charge is 0.0999 e. The van der Waals surface area contributed by atoms with Gasteiger partial charge in [-0.2, -0.15) is 10.2 Å². The number of rotatable bonds is 6. The lowest BCUT2D eigenvalue weighted by Crippen LogP contribution is -2.06. The summed E-state index contributed by atoms with van der Waals surface area (Å²) in [5.41, 5.74) is 3.86. The lowest BCUT2D eigenvalue weighted by atomic mass is 10.1. The Labute approximate surface area is 135 Å². The topological polar surface area (TPSA) is 71.9 Å². The maximum Gasteiger partial charge on any atom is 0.0999 e. The zero-order chi connectivity index (χ0) is 16.4. The number of fused-ring (bicyclic) bond motifs is 1. The molecule has 0 amide bonds. The van der Waals surface area contributed by atoms with E-state index < -0.39 is 0 Å². The minimum Gasteiger partial charge on any atom is -0.308 e. The molecule has 23 heavy (non-hydrogen) atoms. The molecule has 3 aromatic rings. The summed E-state index contributed by atoms with van der Waals surface area (Å²) >= 11 is 0. The van der Waals surface area contributed by atoms with Crippen molar-refractivity contribution in [1.82, 2.24) is 24.4 Å². The number of aromatic nitrogens is 5. The molecule has 0 atom stereocenters. The fourth-order valence-electron chi connectivity index (χ4n) is 2.69. The number of nitrogens with one attached hydrogen (secondary N) is 1. The van der Waals surface area contributed by atoms with Gasteiger partial charge in [-0.3, -0.25) is 4.68 Å². The lowest BCUT2D eigenvalue weighted by Gasteiger charge is -2.12. The highest BCUT2D eigenvalue weighted by atomic mass is 15.3. The molecule has 3 rings (SSSR count). The molecule has 0 aromatic carbocycles. The molecule has 6 nitrogen and oxygen atoms in total. The van der Waals surface area contributed by atoms with Crippen LogP contribution in [0.15, 0.2) is 37.4 Å². The normalized spacial score (nSPS) is 11.3. The van der Waals surface area contributed by atoms with Gasteiger partial charge in [0.05, 0.1) is 41.5 Å². The van der Waals surface area contributed by atoms with Gasteiger partial charge in [0.1, 0.15) is 0 Å². The van der Waals surface area contributed by atoms with E-state index >= 15 is 0 Å². The van der Waals surface area contributed by atoms with E-state index in [1.54, 1.807) is 16.9 Å². The van der Waals surface area contributed by atoms with Crippen LogP contribution in [0.4, 0.5) is 0 Å². The molecule has 0 fully saturated rings. The van der Waals surface area contributed by atoms with Crippen LogP contribution in [0.5, 0.6) is 0 Å². The van der Waals surface area contributed by atoms with E-state index in [0.29, 0.717) is 17.3 Å². The van der Waals surface area contributed by atoms with E-state index in [9.17, 15) is 0 Å². The first-order valence-corrected chi connectivity index (χ1v) is 7.76. The molecule has 0 aliphatic carbocycles. The van der Waals surface area contributed by atoms with Crippen molar-refractivity contribution in [3.8, 4) is 11.3 Å². The molecule has 0 unspecified atom stereocenters. The van der Waals surface area contributed by atoms with Crippen molar-refractivity contribution in [2.45, 2.75) is 32.7 Å². The van der Waals surface area contributed by atoms with Crippen LogP contribution in [0.1, 0.15) is 38.4 Å². The summed E-state index contributed by atoms with van der Waals surface area (Å²) in [6.07, 6.45) is 10.7. The summed E-state index contributed by atoms with van der Waals surface area (Å²) in [4.78, 5) is 4.67. The third-order valence-electron chi connectivity index (χ3n) is 4.08. The third-order valence-corrected chi connectivity index (χ3v) is 4.08. The summed E-state index contributed by atoms with van der Waals surface area (Å²) in [6.45, 7) is 8.19. The zero-order valence-corrected chi connectivity index (χ0v) is 13.4. The Hall–Kier alpha value is -2.76. The minimum absolute atomic E-state index is 0.393. The Morgan fingerprint density at radius 2 is 2.09 bits per heavy atom. The molecule has 0 saturated heterocycles. The predicted molar refractivity (Wildman–Crippen MR) is 91.6 cm³/mol. The largest absolute Gasteiger partial charge is 0.308 e. The maximum absolute atomic E-state index is 7.39. The van der Waals surface area contributed by atoms with Crippen molar-refractivity contribution in [3.63, 3.8) is 0 Å². The second kappa shape index (κ2) is 6.16. The van der Waals surface area contributed by atoms with Crippen molar-refractivity contribution >= 4 is 17.3 Å². The van der Waals surface area contributed by atoms with Gasteiger partial charge in [-0.15, -0.1) is 0 Å². The fraction of sp³-hybridized carbons (Fsp3) is 0.294. The molecule has 6 heteroatoms. The van der Waals surface area contributed by atoms with Crippen LogP contribution in [0.3, 0.4) is 0 Å². The average molecular weight is 308 g/mol. The number of nitrogens with zero attached hydrogens (tertiary/aromatic N) is 5. The van der Waals surface area contributed by atoms with Gasteiger partial charge in [-0.1, -0.05) is 20.4 Å². The van der Waals surface area contributed by atoms with Gasteiger partial charge in [-0.25, -0.2) is 9.50 Å². The van der Waals surface area contributed by atoms with Gasteiger partial charge in [0.15, 0.2) is 0 Å². The van der Waals surface area contributed by atoms with Crippen LogP contribution in [0, 0.1) is 5.41 Å². The molecule has 1 N–H and O–H groups in total. The minimum atomic E-state index is 0.393. The van der Waals surface area contributed by atoms with E-state index in [1.165, 1.54) is 6.21 Å².